The normalized spacial score (nSPS) is 16.0. The van der Waals surface area contributed by atoms with Crippen LogP contribution in [0, 0.1) is 0 Å². The first-order valence-corrected chi connectivity index (χ1v) is 9.63. The third-order valence-corrected chi connectivity index (χ3v) is 5.16. The molecule has 1 fully saturated rings. The van der Waals surface area contributed by atoms with Crippen molar-refractivity contribution < 1.29 is 14.5 Å². The van der Waals surface area contributed by atoms with Crippen molar-refractivity contribution in [3.8, 4) is 0 Å². The van der Waals surface area contributed by atoms with Crippen LogP contribution in [0.25, 0.3) is 0 Å². The van der Waals surface area contributed by atoms with Crippen LogP contribution >= 0.6 is 0 Å². The van der Waals surface area contributed by atoms with E-state index >= 15 is 0 Å². The van der Waals surface area contributed by atoms with Crippen molar-refractivity contribution in [1.29, 1.82) is 0 Å². The highest BCUT2D eigenvalue weighted by molar-refractivity contribution is 5.94. The van der Waals surface area contributed by atoms with E-state index in [1.807, 2.05) is 53.4 Å². The van der Waals surface area contributed by atoms with Crippen molar-refractivity contribution in [3.05, 3.63) is 71.8 Å². The molecule has 1 atom stereocenters. The lowest BCUT2D eigenvalue weighted by Gasteiger charge is -2.32. The summed E-state index contributed by atoms with van der Waals surface area (Å²) >= 11 is 0. The Bertz CT molecular complexity index is 741. The first kappa shape index (κ1) is 19.1. The molecule has 0 bridgehead atoms. The Labute approximate surface area is 161 Å². The van der Waals surface area contributed by atoms with Gasteiger partial charge in [0.1, 0.15) is 0 Å². The van der Waals surface area contributed by atoms with E-state index in [4.69, 9.17) is 0 Å². The maximum absolute atomic E-state index is 12.5. The fourth-order valence-electron chi connectivity index (χ4n) is 3.42. The monoisotopic (exact) mass is 366 g/mol. The molecule has 0 saturated carbocycles. The van der Waals surface area contributed by atoms with Crippen LogP contribution in [0.4, 0.5) is 0 Å². The van der Waals surface area contributed by atoms with Gasteiger partial charge in [-0.1, -0.05) is 55.5 Å². The minimum atomic E-state index is 0.0793. The van der Waals surface area contributed by atoms with E-state index in [1.165, 1.54) is 10.5 Å². The van der Waals surface area contributed by atoms with Crippen LogP contribution in [0.2, 0.25) is 0 Å². The summed E-state index contributed by atoms with van der Waals surface area (Å²) in [4.78, 5) is 27.9. The van der Waals surface area contributed by atoms with Crippen LogP contribution in [0.1, 0.15) is 28.8 Å². The second-order valence-electron chi connectivity index (χ2n) is 7.20. The summed E-state index contributed by atoms with van der Waals surface area (Å²) in [6.45, 7) is 6.23. The van der Waals surface area contributed by atoms with Gasteiger partial charge in [0.05, 0.1) is 26.2 Å². The number of benzene rings is 2. The number of carbonyl (C=O) groups excluding carboxylic acids is 2. The molecule has 27 heavy (non-hydrogen) atoms. The number of rotatable bonds is 6. The molecule has 3 rings (SSSR count). The molecule has 2 N–H and O–H groups in total. The average Bonchev–Trinajstić information content (AvgIpc) is 2.73. The number of nitrogens with one attached hydrogen (secondary N) is 2. The van der Waals surface area contributed by atoms with Gasteiger partial charge in [0.25, 0.3) is 11.8 Å². The molecule has 5 nitrogen and oxygen atoms in total. The molecule has 0 spiro atoms. The molecule has 1 heterocycles. The molecule has 2 aromatic rings. The van der Waals surface area contributed by atoms with Crippen LogP contribution in [-0.2, 0) is 4.79 Å². The van der Waals surface area contributed by atoms with Gasteiger partial charge in [-0.3, -0.25) is 9.59 Å². The third-order valence-electron chi connectivity index (χ3n) is 5.16. The van der Waals surface area contributed by atoms with Crippen LogP contribution in [0.15, 0.2) is 60.7 Å². The predicted octanol–water partition coefficient (Wildman–Crippen LogP) is 0.947. The van der Waals surface area contributed by atoms with Gasteiger partial charge in [0.2, 0.25) is 0 Å². The van der Waals surface area contributed by atoms with E-state index in [1.54, 1.807) is 0 Å². The zero-order valence-corrected chi connectivity index (χ0v) is 15.9. The number of hydrogen-bond donors (Lipinski definition) is 2. The standard InChI is InChI=1S/C22H27N3O2/c1-18(19-8-4-2-5-9-19)16-23-21(26)17-24-12-14-25(15-13-24)22(27)20-10-6-3-7-11-20/h2-11,18H,12-17H2,1H3,(H,23,26)/p+1/t18-/m0/s1. The maximum Gasteiger partial charge on any atom is 0.275 e. The second-order valence-corrected chi connectivity index (χ2v) is 7.20. The smallest absolute Gasteiger partial charge is 0.275 e. The van der Waals surface area contributed by atoms with Crippen LogP contribution < -0.4 is 10.2 Å². The van der Waals surface area contributed by atoms with Gasteiger partial charge in [-0.15, -0.1) is 0 Å². The minimum Gasteiger partial charge on any atom is -0.351 e. The highest BCUT2D eigenvalue weighted by Crippen LogP contribution is 2.12. The summed E-state index contributed by atoms with van der Waals surface area (Å²) in [6, 6.07) is 19.6. The molecule has 0 aromatic heterocycles. The number of piperazine rings is 1. The summed E-state index contributed by atoms with van der Waals surface area (Å²) in [7, 11) is 0. The van der Waals surface area contributed by atoms with Gasteiger partial charge >= 0.3 is 0 Å². The second kappa shape index (κ2) is 9.33. The molecular formula is C22H28N3O2+. The van der Waals surface area contributed by atoms with Gasteiger partial charge in [0.15, 0.2) is 6.54 Å². The number of quaternary nitrogens is 1. The van der Waals surface area contributed by atoms with Gasteiger partial charge < -0.3 is 15.1 Å². The summed E-state index contributed by atoms with van der Waals surface area (Å²) in [5.74, 6) is 0.455. The van der Waals surface area contributed by atoms with Gasteiger partial charge in [-0.2, -0.15) is 0 Å². The van der Waals surface area contributed by atoms with Crippen molar-refractivity contribution in [3.63, 3.8) is 0 Å². The summed E-state index contributed by atoms with van der Waals surface area (Å²) in [5, 5.41) is 3.05. The Hall–Kier alpha value is -2.66. The number of nitrogens with zero attached hydrogens (tertiary/aromatic N) is 1. The number of amides is 2. The fourth-order valence-corrected chi connectivity index (χ4v) is 3.42. The van der Waals surface area contributed by atoms with E-state index in [0.717, 1.165) is 18.7 Å². The highest BCUT2D eigenvalue weighted by Gasteiger charge is 2.25. The quantitative estimate of drug-likeness (QED) is 0.800. The van der Waals surface area contributed by atoms with Crippen molar-refractivity contribution in [2.75, 3.05) is 39.3 Å². The molecule has 1 saturated heterocycles. The summed E-state index contributed by atoms with van der Waals surface area (Å²) in [5.41, 5.74) is 1.96. The highest BCUT2D eigenvalue weighted by atomic mass is 16.2. The molecule has 0 unspecified atom stereocenters. The zero-order chi connectivity index (χ0) is 19.1. The molecule has 1 aliphatic heterocycles. The van der Waals surface area contributed by atoms with Crippen molar-refractivity contribution in [2.24, 2.45) is 0 Å². The summed E-state index contributed by atoms with van der Waals surface area (Å²) in [6.07, 6.45) is 0. The molecule has 2 amide bonds. The number of carbonyl (C=O) groups is 2. The number of hydrogen-bond acceptors (Lipinski definition) is 2. The zero-order valence-electron chi connectivity index (χ0n) is 15.9. The SMILES string of the molecule is C[C@@H](CNC(=O)C[NH+]1CCN(C(=O)c2ccccc2)CC1)c1ccccc1. The van der Waals surface area contributed by atoms with E-state index in [-0.39, 0.29) is 11.8 Å². The molecule has 2 aromatic carbocycles. The third kappa shape index (κ3) is 5.41. The van der Waals surface area contributed by atoms with Crippen LogP contribution in [-0.4, -0.2) is 56.0 Å². The minimum absolute atomic E-state index is 0.0793. The van der Waals surface area contributed by atoms with Gasteiger partial charge in [-0.25, -0.2) is 0 Å². The lowest BCUT2D eigenvalue weighted by atomic mass is 10.0. The van der Waals surface area contributed by atoms with E-state index < -0.39 is 0 Å². The van der Waals surface area contributed by atoms with E-state index in [2.05, 4.69) is 24.4 Å². The Morgan fingerprint density at radius 3 is 2.22 bits per heavy atom. The Balaban J connectivity index is 1.40. The molecule has 0 radical (unpaired) electrons. The topological polar surface area (TPSA) is 53.9 Å². The van der Waals surface area contributed by atoms with E-state index in [9.17, 15) is 9.59 Å². The fraction of sp³-hybridized carbons (Fsp3) is 0.364. The van der Waals surface area contributed by atoms with Crippen molar-refractivity contribution >= 4 is 11.8 Å². The van der Waals surface area contributed by atoms with Crippen molar-refractivity contribution in [2.45, 2.75) is 12.8 Å². The maximum atomic E-state index is 12.5. The van der Waals surface area contributed by atoms with Crippen LogP contribution in [0.3, 0.4) is 0 Å². The average molecular weight is 366 g/mol. The Morgan fingerprint density at radius 1 is 1.00 bits per heavy atom. The van der Waals surface area contributed by atoms with Gasteiger partial charge in [0, 0.05) is 12.1 Å². The molecule has 142 valence electrons. The first-order chi connectivity index (χ1) is 13.1. The summed E-state index contributed by atoms with van der Waals surface area (Å²) < 4.78 is 0. The molecular weight excluding hydrogens is 338 g/mol. The lowest BCUT2D eigenvalue weighted by molar-refractivity contribution is -0.896. The van der Waals surface area contributed by atoms with E-state index in [0.29, 0.717) is 32.1 Å². The Morgan fingerprint density at radius 2 is 1.59 bits per heavy atom. The van der Waals surface area contributed by atoms with Crippen LogP contribution in [0.5, 0.6) is 0 Å². The molecule has 1 aliphatic rings. The predicted molar refractivity (Wildman–Crippen MR) is 106 cm³/mol. The lowest BCUT2D eigenvalue weighted by Crippen LogP contribution is -3.15. The molecule has 5 heteroatoms. The molecule has 0 aliphatic carbocycles. The van der Waals surface area contributed by atoms with Crippen molar-refractivity contribution in [1.82, 2.24) is 10.2 Å². The Kier molecular flexibility index (Phi) is 6.60. The largest absolute Gasteiger partial charge is 0.351 e. The first-order valence-electron chi connectivity index (χ1n) is 9.63. The van der Waals surface area contributed by atoms with Gasteiger partial charge in [-0.05, 0) is 23.6 Å².